The van der Waals surface area contributed by atoms with Crippen LogP contribution < -0.4 is 10.9 Å². The molecule has 1 fully saturated rings. The van der Waals surface area contributed by atoms with E-state index < -0.39 is 0 Å². The van der Waals surface area contributed by atoms with Crippen LogP contribution in [0, 0.1) is 12.8 Å². The van der Waals surface area contributed by atoms with E-state index in [1.165, 1.54) is 12.1 Å². The van der Waals surface area contributed by atoms with Gasteiger partial charge in [-0.25, -0.2) is 10.1 Å². The van der Waals surface area contributed by atoms with Crippen molar-refractivity contribution in [2.45, 2.75) is 19.9 Å². The van der Waals surface area contributed by atoms with Gasteiger partial charge in [0.1, 0.15) is 5.69 Å². The number of hydrogen-bond acceptors (Lipinski definition) is 6. The molecule has 0 bridgehead atoms. The van der Waals surface area contributed by atoms with Crippen molar-refractivity contribution in [2.24, 2.45) is 5.92 Å². The highest BCUT2D eigenvalue weighted by Crippen LogP contribution is 2.19. The molecule has 0 radical (unpaired) electrons. The van der Waals surface area contributed by atoms with Crippen molar-refractivity contribution in [1.29, 1.82) is 0 Å². The van der Waals surface area contributed by atoms with E-state index in [0.717, 1.165) is 30.1 Å². The van der Waals surface area contributed by atoms with Crippen LogP contribution >= 0.6 is 11.3 Å². The molecule has 2 N–H and O–H groups in total. The summed E-state index contributed by atoms with van der Waals surface area (Å²) in [5, 5.41) is 9.52. The minimum absolute atomic E-state index is 0.166. The van der Waals surface area contributed by atoms with Gasteiger partial charge in [-0.2, -0.15) is 5.10 Å². The number of carbonyl (C=O) groups excluding carboxylic acids is 1. The predicted molar refractivity (Wildman–Crippen MR) is 87.4 cm³/mol. The zero-order chi connectivity index (χ0) is 16.2. The molecule has 1 aliphatic heterocycles. The molecular formula is C15H19N5O2S. The molecule has 1 atom stereocenters. The minimum Gasteiger partial charge on any atom is -0.332 e. The maximum absolute atomic E-state index is 12.8. The molecule has 0 unspecified atom stereocenters. The predicted octanol–water partition coefficient (Wildman–Crippen LogP) is 0.787. The second-order valence-corrected chi connectivity index (χ2v) is 6.65. The average molecular weight is 333 g/mol. The number of thiazole rings is 1. The Bertz CT molecular complexity index is 715. The van der Waals surface area contributed by atoms with Crippen molar-refractivity contribution in [3.05, 3.63) is 44.3 Å². The Kier molecular flexibility index (Phi) is 4.82. The molecule has 0 saturated carbocycles. The summed E-state index contributed by atoms with van der Waals surface area (Å²) in [6.45, 7) is 5.05. The van der Waals surface area contributed by atoms with Crippen molar-refractivity contribution in [1.82, 2.24) is 25.4 Å². The number of amides is 1. The lowest BCUT2D eigenvalue weighted by molar-refractivity contribution is 0.0713. The van der Waals surface area contributed by atoms with E-state index in [1.54, 1.807) is 21.7 Å². The number of rotatable bonds is 5. The summed E-state index contributed by atoms with van der Waals surface area (Å²) in [6.07, 6.45) is 1.06. The molecule has 23 heavy (non-hydrogen) atoms. The first-order chi connectivity index (χ1) is 11.1. The summed E-state index contributed by atoms with van der Waals surface area (Å²) in [4.78, 5) is 31.1. The molecule has 1 aliphatic rings. The zero-order valence-corrected chi connectivity index (χ0v) is 13.7. The minimum atomic E-state index is -0.314. The van der Waals surface area contributed by atoms with Gasteiger partial charge in [0.05, 0.1) is 17.7 Å². The van der Waals surface area contributed by atoms with Gasteiger partial charge in [0.15, 0.2) is 0 Å². The number of aromatic nitrogens is 3. The van der Waals surface area contributed by atoms with Gasteiger partial charge in [-0.1, -0.05) is 0 Å². The Labute approximate surface area is 137 Å². The number of H-pyrrole nitrogens is 1. The van der Waals surface area contributed by atoms with Crippen LogP contribution in [-0.4, -0.2) is 45.6 Å². The third-order valence-corrected chi connectivity index (χ3v) is 4.93. The van der Waals surface area contributed by atoms with Crippen LogP contribution in [0.4, 0.5) is 0 Å². The lowest BCUT2D eigenvalue weighted by Crippen LogP contribution is -2.36. The van der Waals surface area contributed by atoms with Gasteiger partial charge in [-0.05, 0) is 38.4 Å². The Balaban J connectivity index is 1.80. The van der Waals surface area contributed by atoms with Gasteiger partial charge in [0.25, 0.3) is 11.5 Å². The number of aromatic amines is 1. The smallest absolute Gasteiger partial charge is 0.274 e. The molecule has 0 aliphatic carbocycles. The Hall–Kier alpha value is -2.06. The first kappa shape index (κ1) is 15.8. The highest BCUT2D eigenvalue weighted by Gasteiger charge is 2.24. The van der Waals surface area contributed by atoms with E-state index in [9.17, 15) is 9.59 Å². The maximum atomic E-state index is 12.8. The monoisotopic (exact) mass is 333 g/mol. The fraction of sp³-hybridized carbons (Fsp3) is 0.467. The Morgan fingerprint density at radius 1 is 1.48 bits per heavy atom. The first-order valence-electron chi connectivity index (χ1n) is 7.58. The van der Waals surface area contributed by atoms with Crippen LogP contribution in [-0.2, 0) is 6.54 Å². The normalized spacial score (nSPS) is 17.3. The van der Waals surface area contributed by atoms with Crippen LogP contribution in [0.1, 0.15) is 27.5 Å². The zero-order valence-electron chi connectivity index (χ0n) is 12.9. The molecule has 2 aromatic heterocycles. The van der Waals surface area contributed by atoms with Crippen LogP contribution in [0.2, 0.25) is 0 Å². The van der Waals surface area contributed by atoms with Crippen molar-refractivity contribution in [2.75, 3.05) is 19.6 Å². The molecule has 0 spiro atoms. The van der Waals surface area contributed by atoms with Gasteiger partial charge in [-0.3, -0.25) is 9.59 Å². The molecule has 1 saturated heterocycles. The fourth-order valence-electron chi connectivity index (χ4n) is 2.68. The van der Waals surface area contributed by atoms with E-state index in [-0.39, 0.29) is 17.2 Å². The molecular weight excluding hydrogens is 314 g/mol. The SMILES string of the molecule is Cc1ncsc1CN(C[C@@H]1CCNC1)C(=O)c1ccc(=O)[nH]n1. The highest BCUT2D eigenvalue weighted by molar-refractivity contribution is 7.09. The van der Waals surface area contributed by atoms with Crippen molar-refractivity contribution < 1.29 is 4.79 Å². The molecule has 3 heterocycles. The van der Waals surface area contributed by atoms with Crippen LogP contribution in [0.15, 0.2) is 22.4 Å². The lowest BCUT2D eigenvalue weighted by atomic mass is 10.1. The van der Waals surface area contributed by atoms with Crippen LogP contribution in [0.25, 0.3) is 0 Å². The first-order valence-corrected chi connectivity index (χ1v) is 8.46. The van der Waals surface area contributed by atoms with E-state index in [1.807, 2.05) is 6.92 Å². The van der Waals surface area contributed by atoms with Crippen molar-refractivity contribution in [3.8, 4) is 0 Å². The van der Waals surface area contributed by atoms with Crippen LogP contribution in [0.5, 0.6) is 0 Å². The van der Waals surface area contributed by atoms with Crippen LogP contribution in [0.3, 0.4) is 0 Å². The topological polar surface area (TPSA) is 91.0 Å². The van der Waals surface area contributed by atoms with E-state index in [0.29, 0.717) is 19.0 Å². The second kappa shape index (κ2) is 7.01. The molecule has 3 rings (SSSR count). The molecule has 122 valence electrons. The maximum Gasteiger partial charge on any atom is 0.274 e. The molecule has 7 nitrogen and oxygen atoms in total. The summed E-state index contributed by atoms with van der Waals surface area (Å²) in [7, 11) is 0. The molecule has 2 aromatic rings. The summed E-state index contributed by atoms with van der Waals surface area (Å²) in [5.74, 6) is 0.274. The second-order valence-electron chi connectivity index (χ2n) is 5.71. The third-order valence-electron chi connectivity index (χ3n) is 4.01. The third kappa shape index (κ3) is 3.83. The number of hydrogen-bond donors (Lipinski definition) is 2. The standard InChI is InChI=1S/C15H19N5O2S/c1-10-13(23-9-17-10)8-20(7-11-4-5-16-6-11)15(22)12-2-3-14(21)19-18-12/h2-3,9,11,16H,4-8H2,1H3,(H,19,21)/t11-/m1/s1. The van der Waals surface area contributed by atoms with Crippen molar-refractivity contribution in [3.63, 3.8) is 0 Å². The summed E-state index contributed by atoms with van der Waals surface area (Å²) in [5.41, 5.74) is 2.69. The number of nitrogens with one attached hydrogen (secondary N) is 2. The van der Waals surface area contributed by atoms with E-state index in [2.05, 4.69) is 20.5 Å². The quantitative estimate of drug-likeness (QED) is 0.844. The fourth-order valence-corrected chi connectivity index (χ4v) is 3.47. The average Bonchev–Trinajstić information content (AvgIpc) is 3.19. The van der Waals surface area contributed by atoms with E-state index in [4.69, 9.17) is 0 Å². The highest BCUT2D eigenvalue weighted by atomic mass is 32.1. The van der Waals surface area contributed by atoms with E-state index >= 15 is 0 Å². The lowest BCUT2D eigenvalue weighted by Gasteiger charge is -2.24. The molecule has 0 aromatic carbocycles. The van der Waals surface area contributed by atoms with Gasteiger partial charge >= 0.3 is 0 Å². The summed E-state index contributed by atoms with van der Waals surface area (Å²) >= 11 is 1.55. The van der Waals surface area contributed by atoms with Gasteiger partial charge < -0.3 is 10.2 Å². The summed E-state index contributed by atoms with van der Waals surface area (Å²) in [6, 6.07) is 2.80. The molecule has 8 heteroatoms. The Morgan fingerprint density at radius 3 is 2.96 bits per heavy atom. The largest absolute Gasteiger partial charge is 0.332 e. The Morgan fingerprint density at radius 2 is 2.35 bits per heavy atom. The van der Waals surface area contributed by atoms with Gasteiger partial charge in [0, 0.05) is 17.5 Å². The molecule has 1 amide bonds. The van der Waals surface area contributed by atoms with Gasteiger partial charge in [-0.15, -0.1) is 11.3 Å². The summed E-state index contributed by atoms with van der Waals surface area (Å²) < 4.78 is 0. The number of aryl methyl sites for hydroxylation is 1. The van der Waals surface area contributed by atoms with Gasteiger partial charge in [0.2, 0.25) is 0 Å². The number of carbonyl (C=O) groups is 1. The van der Waals surface area contributed by atoms with Crippen molar-refractivity contribution >= 4 is 17.2 Å². The number of nitrogens with zero attached hydrogens (tertiary/aromatic N) is 3.